The molecule has 7 amide bonds. The number of barbiturate groups is 1. The molecule has 234 valence electrons. The summed E-state index contributed by atoms with van der Waals surface area (Å²) >= 11 is 3.13. The van der Waals surface area contributed by atoms with Crippen LogP contribution >= 0.6 is 23.5 Å². The second-order valence-corrected chi connectivity index (χ2v) is 16.3. The van der Waals surface area contributed by atoms with Crippen LogP contribution in [0.3, 0.4) is 0 Å². The zero-order chi connectivity index (χ0) is 29.9. The van der Waals surface area contributed by atoms with Crippen LogP contribution in [0.15, 0.2) is 9.81 Å². The van der Waals surface area contributed by atoms with Crippen molar-refractivity contribution < 1.29 is 28.7 Å². The molecule has 0 N–H and O–H groups in total. The van der Waals surface area contributed by atoms with Crippen LogP contribution in [0.5, 0.6) is 0 Å². The van der Waals surface area contributed by atoms with E-state index >= 15 is 0 Å². The Balaban J connectivity index is 1.07. The third-order valence-corrected chi connectivity index (χ3v) is 13.8. The Morgan fingerprint density at radius 1 is 0.791 bits per heavy atom. The summed E-state index contributed by atoms with van der Waals surface area (Å²) in [4.78, 5) is 73.9. The molecule has 10 nitrogen and oxygen atoms in total. The van der Waals surface area contributed by atoms with E-state index in [0.717, 1.165) is 67.1 Å². The van der Waals surface area contributed by atoms with Crippen molar-refractivity contribution >= 4 is 53.3 Å². The maximum absolute atomic E-state index is 13.9. The molecule has 0 atom stereocenters. The second kappa shape index (κ2) is 11.4. The van der Waals surface area contributed by atoms with Gasteiger partial charge in [0.2, 0.25) is 0 Å². The van der Waals surface area contributed by atoms with Crippen molar-refractivity contribution in [1.29, 1.82) is 0 Å². The number of carbonyl (C=O) groups is 5. The molecule has 43 heavy (non-hydrogen) atoms. The Hall–Kier alpha value is -2.05. The van der Waals surface area contributed by atoms with E-state index < -0.39 is 23.4 Å². The molecule has 2 spiro atoms. The fourth-order valence-corrected chi connectivity index (χ4v) is 11.1. The lowest BCUT2D eigenvalue weighted by atomic mass is 9.51. The Bertz CT molecular complexity index is 1240. The summed E-state index contributed by atoms with van der Waals surface area (Å²) in [5.41, 5.74) is -0.656. The molecular formula is C31H42N4O6S2. The van der Waals surface area contributed by atoms with Gasteiger partial charge in [-0.1, -0.05) is 6.42 Å². The van der Waals surface area contributed by atoms with Crippen molar-refractivity contribution in [3.05, 3.63) is 9.81 Å². The van der Waals surface area contributed by atoms with Gasteiger partial charge < -0.3 is 9.64 Å². The standard InChI is InChI=1S/C31H42N4O6S2/c1-32-27(38)31(34(28(32)39)17-21-8-12-41-13-9-21)18-30(19-31)10-6-22(7-11-30)35-25(37)23(26-42-14-3-15-43-26)24(36)33(29(35)40)16-20-4-2-5-20/h20-22H,2-19H2,1H3. The molecule has 4 aliphatic heterocycles. The fraction of sp³-hybridized carbons (Fsp3) is 0.774. The molecule has 0 bridgehead atoms. The van der Waals surface area contributed by atoms with Gasteiger partial charge in [-0.3, -0.25) is 29.1 Å². The second-order valence-electron chi connectivity index (χ2n) is 13.8. The van der Waals surface area contributed by atoms with Crippen LogP contribution in [0.25, 0.3) is 0 Å². The van der Waals surface area contributed by atoms with Crippen molar-refractivity contribution in [3.8, 4) is 0 Å². The van der Waals surface area contributed by atoms with Crippen molar-refractivity contribution in [3.63, 3.8) is 0 Å². The van der Waals surface area contributed by atoms with Crippen LogP contribution in [-0.2, 0) is 19.1 Å². The van der Waals surface area contributed by atoms with Crippen molar-refractivity contribution in [1.82, 2.24) is 19.6 Å². The highest BCUT2D eigenvalue weighted by atomic mass is 32.2. The Morgan fingerprint density at radius 3 is 2.07 bits per heavy atom. The highest BCUT2D eigenvalue weighted by Gasteiger charge is 2.68. The van der Waals surface area contributed by atoms with E-state index in [4.69, 9.17) is 4.74 Å². The van der Waals surface area contributed by atoms with Gasteiger partial charge in [-0.25, -0.2) is 9.59 Å². The molecule has 0 aromatic carbocycles. The smallest absolute Gasteiger partial charge is 0.334 e. The number of hydrogen-bond acceptors (Lipinski definition) is 8. The number of rotatable bonds is 5. The normalized spacial score (nSPS) is 34.6. The van der Waals surface area contributed by atoms with Crippen LogP contribution < -0.4 is 0 Å². The number of amides is 7. The predicted octanol–water partition coefficient (Wildman–Crippen LogP) is 4.44. The third-order valence-electron chi connectivity index (χ3n) is 11.2. The van der Waals surface area contributed by atoms with E-state index in [0.29, 0.717) is 63.8 Å². The molecule has 4 heterocycles. The van der Waals surface area contributed by atoms with Crippen LogP contribution in [0.1, 0.15) is 77.0 Å². The number of nitrogens with zero attached hydrogens (tertiary/aromatic N) is 4. The van der Waals surface area contributed by atoms with Gasteiger partial charge in [-0.2, -0.15) is 0 Å². The molecular weight excluding hydrogens is 588 g/mol. The molecule has 3 aliphatic carbocycles. The number of hydrogen-bond donors (Lipinski definition) is 0. The maximum atomic E-state index is 13.9. The molecule has 0 radical (unpaired) electrons. The maximum Gasteiger partial charge on any atom is 0.334 e. The van der Waals surface area contributed by atoms with Gasteiger partial charge in [0.05, 0.1) is 4.24 Å². The van der Waals surface area contributed by atoms with Gasteiger partial charge in [0, 0.05) is 39.4 Å². The van der Waals surface area contributed by atoms with Crippen LogP contribution in [0, 0.1) is 17.3 Å². The van der Waals surface area contributed by atoms with Crippen molar-refractivity contribution in [2.75, 3.05) is 44.9 Å². The van der Waals surface area contributed by atoms with E-state index in [9.17, 15) is 24.0 Å². The highest BCUT2D eigenvalue weighted by molar-refractivity contribution is 8.22. The first-order valence-corrected chi connectivity index (χ1v) is 18.1. The summed E-state index contributed by atoms with van der Waals surface area (Å²) in [5, 5.41) is 0. The topological polar surface area (TPSA) is 108 Å². The first-order valence-electron chi connectivity index (χ1n) is 16.1. The molecule has 0 unspecified atom stereocenters. The predicted molar refractivity (Wildman–Crippen MR) is 163 cm³/mol. The van der Waals surface area contributed by atoms with Crippen LogP contribution in [0.2, 0.25) is 0 Å². The number of urea groups is 2. The van der Waals surface area contributed by atoms with Gasteiger partial charge in [0.25, 0.3) is 17.7 Å². The van der Waals surface area contributed by atoms with Gasteiger partial charge in [-0.05, 0) is 99.4 Å². The summed E-state index contributed by atoms with van der Waals surface area (Å²) in [6.45, 7) is 2.37. The van der Waals surface area contributed by atoms with E-state index in [2.05, 4.69) is 0 Å². The SMILES string of the molecule is CN1C(=O)N(CC2CCOCC2)C2(CC3(CCC(N4C(=O)C(=C5SCCCS5)C(=O)N(CC5CCC5)C4=O)CC3)C2)C1=O. The molecule has 7 aliphatic rings. The Labute approximate surface area is 261 Å². The summed E-state index contributed by atoms with van der Waals surface area (Å²) in [6, 6.07) is -0.918. The van der Waals surface area contributed by atoms with E-state index in [-0.39, 0.29) is 29.0 Å². The van der Waals surface area contributed by atoms with Crippen molar-refractivity contribution in [2.24, 2.45) is 17.3 Å². The molecule has 12 heteroatoms. The lowest BCUT2D eigenvalue weighted by Gasteiger charge is -2.59. The highest BCUT2D eigenvalue weighted by Crippen LogP contribution is 2.61. The molecule has 0 aromatic rings. The molecule has 0 aromatic heterocycles. The van der Waals surface area contributed by atoms with E-state index in [1.165, 1.54) is 14.7 Å². The summed E-state index contributed by atoms with van der Waals surface area (Å²) in [5.74, 6) is 1.46. The van der Waals surface area contributed by atoms with Gasteiger partial charge in [0.15, 0.2) is 0 Å². The third kappa shape index (κ3) is 4.94. The van der Waals surface area contributed by atoms with Crippen molar-refractivity contribution in [2.45, 2.75) is 88.6 Å². The number of likely N-dealkylation sites (N-methyl/N-ethyl adjacent to an activating group) is 1. The number of carbonyl (C=O) groups excluding carboxylic acids is 5. The fourth-order valence-electron chi connectivity index (χ4n) is 8.49. The minimum atomic E-state index is -0.771. The number of ether oxygens (including phenoxy) is 1. The minimum Gasteiger partial charge on any atom is -0.381 e. The summed E-state index contributed by atoms with van der Waals surface area (Å²) < 4.78 is 6.28. The van der Waals surface area contributed by atoms with Gasteiger partial charge >= 0.3 is 12.1 Å². The summed E-state index contributed by atoms with van der Waals surface area (Å²) in [6.07, 6.45) is 10.1. The first kappa shape index (κ1) is 29.6. The molecule has 7 fully saturated rings. The van der Waals surface area contributed by atoms with E-state index in [1.54, 1.807) is 30.6 Å². The molecule has 4 saturated heterocycles. The monoisotopic (exact) mass is 630 g/mol. The van der Waals surface area contributed by atoms with E-state index in [1.807, 2.05) is 4.90 Å². The zero-order valence-corrected chi connectivity index (χ0v) is 26.6. The van der Waals surface area contributed by atoms with Gasteiger partial charge in [-0.15, -0.1) is 23.5 Å². The number of thioether (sulfide) groups is 2. The van der Waals surface area contributed by atoms with Gasteiger partial charge in [0.1, 0.15) is 11.1 Å². The van der Waals surface area contributed by atoms with Crippen LogP contribution in [0.4, 0.5) is 9.59 Å². The average molecular weight is 631 g/mol. The quantitative estimate of drug-likeness (QED) is 0.249. The first-order chi connectivity index (χ1) is 20.7. The summed E-state index contributed by atoms with van der Waals surface area (Å²) in [7, 11) is 1.59. The molecule has 7 rings (SSSR count). The average Bonchev–Trinajstić information content (AvgIpc) is 3.14. The minimum absolute atomic E-state index is 0.0781. The largest absolute Gasteiger partial charge is 0.381 e. The Morgan fingerprint density at radius 2 is 1.44 bits per heavy atom. The zero-order valence-electron chi connectivity index (χ0n) is 25.0. The van der Waals surface area contributed by atoms with Crippen LogP contribution in [-0.4, -0.2) is 106 Å². The number of imide groups is 3. The lowest BCUT2D eigenvalue weighted by molar-refractivity contribution is -0.151. The Kier molecular flexibility index (Phi) is 7.85. The molecule has 3 saturated carbocycles. The lowest BCUT2D eigenvalue weighted by Crippen LogP contribution is -2.66.